The normalized spacial score (nSPS) is 10.6. The van der Waals surface area contributed by atoms with Gasteiger partial charge in [0, 0.05) is 10.0 Å². The Bertz CT molecular complexity index is 656. The SMILES string of the molecule is COc1cc(Br)c(/C=N\NC(=O)c2cccs2)cc1OC. The van der Waals surface area contributed by atoms with Crippen LogP contribution in [0.1, 0.15) is 15.2 Å². The molecule has 0 spiro atoms. The lowest BCUT2D eigenvalue weighted by atomic mass is 10.2. The number of nitrogens with zero attached hydrogens (tertiary/aromatic N) is 1. The predicted molar refractivity (Wildman–Crippen MR) is 86.6 cm³/mol. The van der Waals surface area contributed by atoms with Crippen molar-refractivity contribution in [1.82, 2.24) is 5.43 Å². The van der Waals surface area contributed by atoms with Gasteiger partial charge >= 0.3 is 0 Å². The van der Waals surface area contributed by atoms with Gasteiger partial charge in [0.05, 0.1) is 25.3 Å². The highest BCUT2D eigenvalue weighted by molar-refractivity contribution is 9.10. The summed E-state index contributed by atoms with van der Waals surface area (Å²) in [6, 6.07) is 7.10. The molecule has 0 fully saturated rings. The van der Waals surface area contributed by atoms with Crippen LogP contribution in [-0.4, -0.2) is 26.3 Å². The minimum atomic E-state index is -0.238. The van der Waals surface area contributed by atoms with Gasteiger partial charge in [-0.3, -0.25) is 4.79 Å². The van der Waals surface area contributed by atoms with Crippen molar-refractivity contribution >= 4 is 39.4 Å². The van der Waals surface area contributed by atoms with E-state index in [9.17, 15) is 4.79 Å². The van der Waals surface area contributed by atoms with E-state index in [4.69, 9.17) is 9.47 Å². The summed E-state index contributed by atoms with van der Waals surface area (Å²) in [5.74, 6) is 0.966. The van der Waals surface area contributed by atoms with E-state index in [1.54, 1.807) is 32.4 Å². The highest BCUT2D eigenvalue weighted by Crippen LogP contribution is 2.32. The van der Waals surface area contributed by atoms with Crippen LogP contribution < -0.4 is 14.9 Å². The number of hydrazone groups is 1. The van der Waals surface area contributed by atoms with Gasteiger partial charge in [-0.15, -0.1) is 11.3 Å². The van der Waals surface area contributed by atoms with Crippen molar-refractivity contribution in [2.45, 2.75) is 0 Å². The van der Waals surface area contributed by atoms with Gasteiger partial charge < -0.3 is 9.47 Å². The zero-order valence-electron chi connectivity index (χ0n) is 11.4. The number of rotatable bonds is 5. The van der Waals surface area contributed by atoms with Gasteiger partial charge in [0.25, 0.3) is 5.91 Å². The molecule has 5 nitrogen and oxygen atoms in total. The highest BCUT2D eigenvalue weighted by atomic mass is 79.9. The monoisotopic (exact) mass is 368 g/mol. The van der Waals surface area contributed by atoms with E-state index >= 15 is 0 Å². The van der Waals surface area contributed by atoms with Crippen LogP contribution in [0.15, 0.2) is 39.2 Å². The summed E-state index contributed by atoms with van der Waals surface area (Å²) < 4.78 is 11.2. The van der Waals surface area contributed by atoms with Crippen molar-refractivity contribution in [3.63, 3.8) is 0 Å². The lowest BCUT2D eigenvalue weighted by Crippen LogP contribution is -2.16. The number of amides is 1. The molecule has 0 atom stereocenters. The quantitative estimate of drug-likeness (QED) is 0.650. The predicted octanol–water partition coefficient (Wildman–Crippen LogP) is 3.29. The summed E-state index contributed by atoms with van der Waals surface area (Å²) in [6.45, 7) is 0. The fraction of sp³-hybridized carbons (Fsp3) is 0.143. The Morgan fingerprint density at radius 2 is 2.05 bits per heavy atom. The Balaban J connectivity index is 2.12. The van der Waals surface area contributed by atoms with Crippen LogP contribution in [0.4, 0.5) is 0 Å². The highest BCUT2D eigenvalue weighted by Gasteiger charge is 2.08. The molecule has 0 aliphatic heterocycles. The van der Waals surface area contributed by atoms with E-state index < -0.39 is 0 Å². The van der Waals surface area contributed by atoms with Gasteiger partial charge in [-0.05, 0) is 39.5 Å². The minimum absolute atomic E-state index is 0.238. The average Bonchev–Trinajstić information content (AvgIpc) is 3.02. The molecule has 0 saturated carbocycles. The van der Waals surface area contributed by atoms with Gasteiger partial charge in [-0.25, -0.2) is 5.43 Å². The first-order valence-electron chi connectivity index (χ1n) is 5.94. The van der Waals surface area contributed by atoms with Crippen LogP contribution >= 0.6 is 27.3 Å². The molecule has 110 valence electrons. The summed E-state index contributed by atoms with van der Waals surface area (Å²) in [6.07, 6.45) is 1.54. The second-order valence-electron chi connectivity index (χ2n) is 3.91. The average molecular weight is 369 g/mol. The van der Waals surface area contributed by atoms with Crippen molar-refractivity contribution in [1.29, 1.82) is 0 Å². The van der Waals surface area contributed by atoms with Gasteiger partial charge in [0.2, 0.25) is 0 Å². The van der Waals surface area contributed by atoms with Gasteiger partial charge in [-0.1, -0.05) is 6.07 Å². The molecule has 0 unspecified atom stereocenters. The second kappa shape index (κ2) is 7.24. The summed E-state index contributed by atoms with van der Waals surface area (Å²) in [7, 11) is 3.13. The van der Waals surface area contributed by atoms with Crippen LogP contribution in [-0.2, 0) is 0 Å². The molecule has 1 aromatic carbocycles. The lowest BCUT2D eigenvalue weighted by Gasteiger charge is -2.09. The Morgan fingerprint density at radius 1 is 1.33 bits per heavy atom. The first-order chi connectivity index (χ1) is 10.2. The molecule has 1 amide bonds. The molecule has 0 aliphatic rings. The molecule has 0 aliphatic carbocycles. The fourth-order valence-corrected chi connectivity index (χ4v) is 2.63. The number of carbonyl (C=O) groups excluding carboxylic acids is 1. The smallest absolute Gasteiger partial charge is 0.281 e. The summed E-state index contributed by atoms with van der Waals surface area (Å²) in [4.78, 5) is 12.3. The zero-order valence-corrected chi connectivity index (χ0v) is 13.8. The van der Waals surface area contributed by atoms with Crippen molar-refractivity contribution in [3.8, 4) is 11.5 Å². The van der Waals surface area contributed by atoms with E-state index in [1.165, 1.54) is 17.6 Å². The van der Waals surface area contributed by atoms with Crippen LogP contribution in [0, 0.1) is 0 Å². The number of hydrogen-bond acceptors (Lipinski definition) is 5. The Labute approximate surface area is 134 Å². The minimum Gasteiger partial charge on any atom is -0.493 e. The standard InChI is InChI=1S/C14H13BrN2O3S/c1-19-11-6-9(10(15)7-12(11)20-2)8-16-17-14(18)13-4-3-5-21-13/h3-8H,1-2H3,(H,17,18)/b16-8-. The van der Waals surface area contributed by atoms with E-state index in [-0.39, 0.29) is 5.91 Å². The van der Waals surface area contributed by atoms with E-state index in [2.05, 4.69) is 26.5 Å². The third-order valence-corrected chi connectivity index (χ3v) is 4.17. The molecule has 2 aromatic rings. The first kappa shape index (κ1) is 15.5. The third kappa shape index (κ3) is 3.83. The Morgan fingerprint density at radius 3 is 2.67 bits per heavy atom. The Hall–Kier alpha value is -1.86. The largest absolute Gasteiger partial charge is 0.493 e. The maximum absolute atomic E-state index is 11.7. The molecule has 2 rings (SSSR count). The number of nitrogens with one attached hydrogen (secondary N) is 1. The molecule has 1 aromatic heterocycles. The van der Waals surface area contributed by atoms with Crippen LogP contribution in [0.2, 0.25) is 0 Å². The van der Waals surface area contributed by atoms with Crippen LogP contribution in [0.5, 0.6) is 11.5 Å². The van der Waals surface area contributed by atoms with Crippen molar-refractivity contribution in [3.05, 3.63) is 44.6 Å². The number of thiophene rings is 1. The molecular formula is C14H13BrN2O3S. The summed E-state index contributed by atoms with van der Waals surface area (Å²) in [5.41, 5.74) is 3.24. The first-order valence-corrected chi connectivity index (χ1v) is 7.61. The second-order valence-corrected chi connectivity index (χ2v) is 5.71. The zero-order chi connectivity index (χ0) is 15.2. The molecule has 0 saturated heterocycles. The lowest BCUT2D eigenvalue weighted by molar-refractivity contribution is 0.0959. The van der Waals surface area contributed by atoms with Crippen LogP contribution in [0.25, 0.3) is 0 Å². The van der Waals surface area contributed by atoms with E-state index in [1.807, 2.05) is 11.4 Å². The van der Waals surface area contributed by atoms with E-state index in [0.717, 1.165) is 10.0 Å². The maximum atomic E-state index is 11.7. The topological polar surface area (TPSA) is 59.9 Å². The summed E-state index contributed by atoms with van der Waals surface area (Å²) >= 11 is 4.78. The number of benzene rings is 1. The third-order valence-electron chi connectivity index (χ3n) is 2.62. The number of carbonyl (C=O) groups is 1. The Kier molecular flexibility index (Phi) is 5.35. The van der Waals surface area contributed by atoms with Crippen molar-refractivity contribution in [2.24, 2.45) is 5.10 Å². The van der Waals surface area contributed by atoms with Crippen molar-refractivity contribution < 1.29 is 14.3 Å². The van der Waals surface area contributed by atoms with E-state index in [0.29, 0.717) is 16.4 Å². The van der Waals surface area contributed by atoms with Crippen LogP contribution in [0.3, 0.4) is 0 Å². The van der Waals surface area contributed by atoms with Gasteiger partial charge in [0.15, 0.2) is 11.5 Å². The van der Waals surface area contributed by atoms with Crippen molar-refractivity contribution in [2.75, 3.05) is 14.2 Å². The number of methoxy groups -OCH3 is 2. The molecule has 21 heavy (non-hydrogen) atoms. The molecule has 0 radical (unpaired) electrons. The molecule has 1 heterocycles. The summed E-state index contributed by atoms with van der Waals surface area (Å²) in [5, 5.41) is 5.78. The molecule has 1 N–H and O–H groups in total. The maximum Gasteiger partial charge on any atom is 0.281 e. The fourth-order valence-electron chi connectivity index (χ4n) is 1.59. The molecular weight excluding hydrogens is 356 g/mol. The number of hydrogen-bond donors (Lipinski definition) is 1. The van der Waals surface area contributed by atoms with Gasteiger partial charge in [0.1, 0.15) is 0 Å². The van der Waals surface area contributed by atoms with Gasteiger partial charge in [-0.2, -0.15) is 5.10 Å². The number of ether oxygens (including phenoxy) is 2. The molecule has 0 bridgehead atoms. The molecule has 7 heteroatoms. The number of halogens is 1.